The highest BCUT2D eigenvalue weighted by Crippen LogP contribution is 2.34. The smallest absolute Gasteiger partial charge is 0.222 e. The molecule has 4 rings (SSSR count). The van der Waals surface area contributed by atoms with Gasteiger partial charge in [0.2, 0.25) is 5.91 Å². The minimum Gasteiger partial charge on any atom is -0.381 e. The highest BCUT2D eigenvalue weighted by molar-refractivity contribution is 5.77. The molecule has 1 aliphatic carbocycles. The van der Waals surface area contributed by atoms with Crippen LogP contribution in [0.5, 0.6) is 0 Å². The minimum atomic E-state index is 0.343. The van der Waals surface area contributed by atoms with E-state index in [1.54, 1.807) is 0 Å². The zero-order chi connectivity index (χ0) is 17.8. The Labute approximate surface area is 157 Å². The molecule has 142 valence electrons. The molecule has 0 unspecified atom stereocenters. The SMILES string of the molecule is O=C(CCCc1ccccc1)N1CC(N(CC2CC2)C2CCOCC2)C1. The minimum absolute atomic E-state index is 0.343. The van der Waals surface area contributed by atoms with E-state index in [9.17, 15) is 4.79 Å². The second-order valence-corrected chi connectivity index (χ2v) is 8.28. The zero-order valence-electron chi connectivity index (χ0n) is 15.8. The Kier molecular flexibility index (Phi) is 5.91. The van der Waals surface area contributed by atoms with E-state index in [4.69, 9.17) is 4.74 Å². The summed E-state index contributed by atoms with van der Waals surface area (Å²) in [5, 5.41) is 0. The molecule has 0 spiro atoms. The standard InChI is InChI=1S/C22H32N2O2/c25-22(8-4-7-18-5-2-1-3-6-18)23-16-21(17-23)24(15-19-9-10-19)20-11-13-26-14-12-20/h1-3,5-6,19-21H,4,7-17H2. The van der Waals surface area contributed by atoms with Crippen LogP contribution in [0.1, 0.15) is 44.1 Å². The molecule has 1 amide bonds. The number of ether oxygens (including phenoxy) is 1. The number of amides is 1. The molecule has 0 bridgehead atoms. The first-order valence-electron chi connectivity index (χ1n) is 10.4. The number of aryl methyl sites for hydroxylation is 1. The second-order valence-electron chi connectivity index (χ2n) is 8.28. The summed E-state index contributed by atoms with van der Waals surface area (Å²) in [5.41, 5.74) is 1.33. The molecule has 1 aromatic rings. The highest BCUT2D eigenvalue weighted by atomic mass is 16.5. The van der Waals surface area contributed by atoms with E-state index in [1.165, 1.54) is 24.9 Å². The molecular weight excluding hydrogens is 324 g/mol. The van der Waals surface area contributed by atoms with Crippen LogP contribution in [0.4, 0.5) is 0 Å². The summed E-state index contributed by atoms with van der Waals surface area (Å²) in [4.78, 5) is 17.3. The molecule has 1 saturated carbocycles. The van der Waals surface area contributed by atoms with Crippen LogP contribution in [0, 0.1) is 5.92 Å². The first-order valence-corrected chi connectivity index (χ1v) is 10.4. The third kappa shape index (κ3) is 4.66. The topological polar surface area (TPSA) is 32.8 Å². The van der Waals surface area contributed by atoms with Crippen LogP contribution in [-0.2, 0) is 16.0 Å². The molecule has 3 aliphatic rings. The average molecular weight is 357 g/mol. The Morgan fingerprint density at radius 3 is 2.46 bits per heavy atom. The van der Waals surface area contributed by atoms with Gasteiger partial charge in [0.25, 0.3) is 0 Å². The maximum atomic E-state index is 12.5. The lowest BCUT2D eigenvalue weighted by atomic mass is 9.98. The van der Waals surface area contributed by atoms with Gasteiger partial charge in [0.05, 0.1) is 0 Å². The van der Waals surface area contributed by atoms with E-state index >= 15 is 0 Å². The van der Waals surface area contributed by atoms with Crippen molar-refractivity contribution in [2.75, 3.05) is 32.8 Å². The maximum Gasteiger partial charge on any atom is 0.222 e. The predicted molar refractivity (Wildman–Crippen MR) is 103 cm³/mol. The van der Waals surface area contributed by atoms with Gasteiger partial charge in [0, 0.05) is 51.4 Å². The number of hydrogen-bond donors (Lipinski definition) is 0. The average Bonchev–Trinajstić information content (AvgIpc) is 3.45. The molecular formula is C22H32N2O2. The van der Waals surface area contributed by atoms with Gasteiger partial charge in [-0.05, 0) is 50.0 Å². The van der Waals surface area contributed by atoms with E-state index in [-0.39, 0.29) is 0 Å². The van der Waals surface area contributed by atoms with Gasteiger partial charge in [0.15, 0.2) is 0 Å². The van der Waals surface area contributed by atoms with Crippen molar-refractivity contribution < 1.29 is 9.53 Å². The normalized spacial score (nSPS) is 21.8. The Hall–Kier alpha value is -1.39. The van der Waals surface area contributed by atoms with Crippen molar-refractivity contribution >= 4 is 5.91 Å². The summed E-state index contributed by atoms with van der Waals surface area (Å²) in [6, 6.07) is 11.7. The lowest BCUT2D eigenvalue weighted by Gasteiger charge is -2.49. The largest absolute Gasteiger partial charge is 0.381 e. The van der Waals surface area contributed by atoms with Gasteiger partial charge in [0.1, 0.15) is 0 Å². The summed E-state index contributed by atoms with van der Waals surface area (Å²) in [7, 11) is 0. The molecule has 1 aromatic carbocycles. The Morgan fingerprint density at radius 1 is 1.04 bits per heavy atom. The fraction of sp³-hybridized carbons (Fsp3) is 0.682. The van der Waals surface area contributed by atoms with Crippen molar-refractivity contribution in [3.63, 3.8) is 0 Å². The molecule has 0 atom stereocenters. The van der Waals surface area contributed by atoms with Crippen LogP contribution in [0.2, 0.25) is 0 Å². The van der Waals surface area contributed by atoms with E-state index in [0.717, 1.165) is 57.9 Å². The zero-order valence-corrected chi connectivity index (χ0v) is 15.8. The van der Waals surface area contributed by atoms with Crippen LogP contribution in [0.15, 0.2) is 30.3 Å². The van der Waals surface area contributed by atoms with Gasteiger partial charge in [-0.3, -0.25) is 9.69 Å². The van der Waals surface area contributed by atoms with E-state index < -0.39 is 0 Å². The number of carbonyl (C=O) groups is 1. The van der Waals surface area contributed by atoms with Crippen molar-refractivity contribution in [3.05, 3.63) is 35.9 Å². The van der Waals surface area contributed by atoms with Crippen LogP contribution in [-0.4, -0.2) is 60.6 Å². The quantitative estimate of drug-likeness (QED) is 0.717. The van der Waals surface area contributed by atoms with Crippen LogP contribution in [0.25, 0.3) is 0 Å². The van der Waals surface area contributed by atoms with Gasteiger partial charge in [-0.25, -0.2) is 0 Å². The molecule has 2 saturated heterocycles. The van der Waals surface area contributed by atoms with Crippen LogP contribution < -0.4 is 0 Å². The van der Waals surface area contributed by atoms with Gasteiger partial charge in [-0.15, -0.1) is 0 Å². The van der Waals surface area contributed by atoms with Gasteiger partial charge < -0.3 is 9.64 Å². The lowest BCUT2D eigenvalue weighted by Crippen LogP contribution is -2.63. The van der Waals surface area contributed by atoms with Crippen molar-refractivity contribution in [3.8, 4) is 0 Å². The third-order valence-corrected chi connectivity index (χ3v) is 6.21. The molecule has 2 heterocycles. The first kappa shape index (κ1) is 18.0. The monoisotopic (exact) mass is 356 g/mol. The van der Waals surface area contributed by atoms with Crippen molar-refractivity contribution in [2.24, 2.45) is 5.92 Å². The van der Waals surface area contributed by atoms with Gasteiger partial charge in [-0.2, -0.15) is 0 Å². The Balaban J connectivity index is 1.21. The number of rotatable bonds is 8. The number of benzene rings is 1. The molecule has 2 aliphatic heterocycles. The summed E-state index contributed by atoms with van der Waals surface area (Å²) in [6.07, 6.45) is 7.75. The van der Waals surface area contributed by atoms with Crippen molar-refractivity contribution in [1.82, 2.24) is 9.80 Å². The number of hydrogen-bond acceptors (Lipinski definition) is 3. The fourth-order valence-corrected chi connectivity index (χ4v) is 4.33. The number of nitrogens with zero attached hydrogens (tertiary/aromatic N) is 2. The molecule has 4 heteroatoms. The van der Waals surface area contributed by atoms with E-state index in [2.05, 4.69) is 34.1 Å². The van der Waals surface area contributed by atoms with Crippen molar-refractivity contribution in [1.29, 1.82) is 0 Å². The third-order valence-electron chi connectivity index (χ3n) is 6.21. The van der Waals surface area contributed by atoms with E-state index in [1.807, 2.05) is 6.07 Å². The Morgan fingerprint density at radius 2 is 1.77 bits per heavy atom. The molecule has 26 heavy (non-hydrogen) atoms. The number of likely N-dealkylation sites (tertiary alicyclic amines) is 1. The van der Waals surface area contributed by atoms with Crippen LogP contribution >= 0.6 is 0 Å². The maximum absolute atomic E-state index is 12.5. The molecule has 0 radical (unpaired) electrons. The molecule has 0 N–H and O–H groups in total. The molecule has 4 nitrogen and oxygen atoms in total. The summed E-state index contributed by atoms with van der Waals surface area (Å²) in [6.45, 7) is 4.93. The number of carbonyl (C=O) groups excluding carboxylic acids is 1. The summed E-state index contributed by atoms with van der Waals surface area (Å²) >= 11 is 0. The first-order chi connectivity index (χ1) is 12.8. The Bertz CT molecular complexity index is 575. The highest BCUT2D eigenvalue weighted by Gasteiger charge is 2.40. The molecule has 3 fully saturated rings. The predicted octanol–water partition coefficient (Wildman–Crippen LogP) is 3.11. The van der Waals surface area contributed by atoms with Crippen molar-refractivity contribution in [2.45, 2.75) is 57.0 Å². The van der Waals surface area contributed by atoms with Crippen LogP contribution in [0.3, 0.4) is 0 Å². The van der Waals surface area contributed by atoms with E-state index in [0.29, 0.717) is 24.4 Å². The molecule has 0 aromatic heterocycles. The fourth-order valence-electron chi connectivity index (χ4n) is 4.33. The second kappa shape index (κ2) is 8.53. The van der Waals surface area contributed by atoms with Gasteiger partial charge in [-0.1, -0.05) is 30.3 Å². The lowest BCUT2D eigenvalue weighted by molar-refractivity contribution is -0.140. The van der Waals surface area contributed by atoms with Gasteiger partial charge >= 0.3 is 0 Å². The summed E-state index contributed by atoms with van der Waals surface area (Å²) in [5.74, 6) is 1.25. The summed E-state index contributed by atoms with van der Waals surface area (Å²) < 4.78 is 5.55.